The number of carbonyl (C=O) groups is 1. The Morgan fingerprint density at radius 1 is 1.03 bits per heavy atom. The van der Waals surface area contributed by atoms with E-state index < -0.39 is 5.60 Å². The zero-order chi connectivity index (χ0) is 22.4. The van der Waals surface area contributed by atoms with Crippen LogP contribution < -0.4 is 5.32 Å². The molecular formula is C24H46IN5O2. The first-order valence-corrected chi connectivity index (χ1v) is 12.4. The molecule has 0 bridgehead atoms. The smallest absolute Gasteiger partial charge is 0.410 e. The number of piperidine rings is 2. The zero-order valence-corrected chi connectivity index (χ0v) is 23.3. The van der Waals surface area contributed by atoms with Crippen LogP contribution in [0.2, 0.25) is 0 Å². The van der Waals surface area contributed by atoms with E-state index in [0.29, 0.717) is 5.92 Å². The van der Waals surface area contributed by atoms with Crippen LogP contribution >= 0.6 is 24.0 Å². The lowest BCUT2D eigenvalue weighted by Gasteiger charge is -2.40. The van der Waals surface area contributed by atoms with Crippen molar-refractivity contribution in [2.75, 3.05) is 53.4 Å². The van der Waals surface area contributed by atoms with Gasteiger partial charge in [-0.15, -0.1) is 24.0 Å². The molecule has 0 aromatic heterocycles. The maximum atomic E-state index is 12.9. The van der Waals surface area contributed by atoms with E-state index in [2.05, 4.69) is 27.2 Å². The lowest BCUT2D eigenvalue weighted by atomic mass is 9.94. The van der Waals surface area contributed by atoms with Crippen LogP contribution in [0.5, 0.6) is 0 Å². The van der Waals surface area contributed by atoms with Gasteiger partial charge in [-0.25, -0.2) is 4.79 Å². The number of amides is 1. The van der Waals surface area contributed by atoms with Crippen molar-refractivity contribution in [3.8, 4) is 0 Å². The Balaban J connectivity index is 0.00000363. The van der Waals surface area contributed by atoms with Crippen molar-refractivity contribution >= 4 is 36.0 Å². The summed E-state index contributed by atoms with van der Waals surface area (Å²) < 4.78 is 5.73. The number of halogens is 1. The van der Waals surface area contributed by atoms with Gasteiger partial charge in [-0.05, 0) is 97.7 Å². The van der Waals surface area contributed by atoms with Gasteiger partial charge >= 0.3 is 6.09 Å². The number of guanidine groups is 1. The molecule has 2 heterocycles. The highest BCUT2D eigenvalue weighted by Gasteiger charge is 2.35. The Morgan fingerprint density at radius 2 is 1.66 bits per heavy atom. The van der Waals surface area contributed by atoms with Crippen LogP contribution in [0, 0.1) is 11.8 Å². The molecule has 1 amide bonds. The molecule has 3 fully saturated rings. The predicted molar refractivity (Wildman–Crippen MR) is 142 cm³/mol. The number of hydrogen-bond acceptors (Lipinski definition) is 4. The Hall–Kier alpha value is -0.770. The van der Waals surface area contributed by atoms with Crippen molar-refractivity contribution in [1.82, 2.24) is 20.0 Å². The second-order valence-electron chi connectivity index (χ2n) is 10.8. The van der Waals surface area contributed by atoms with Crippen LogP contribution in [-0.2, 0) is 4.74 Å². The minimum absolute atomic E-state index is 0. The van der Waals surface area contributed by atoms with Crippen LogP contribution in [0.15, 0.2) is 4.99 Å². The lowest BCUT2D eigenvalue weighted by Crippen LogP contribution is -2.52. The first-order valence-electron chi connectivity index (χ1n) is 12.4. The molecule has 0 radical (unpaired) electrons. The van der Waals surface area contributed by atoms with Gasteiger partial charge < -0.3 is 24.8 Å². The largest absolute Gasteiger partial charge is 0.444 e. The number of nitrogens with one attached hydrogen (secondary N) is 1. The summed E-state index contributed by atoms with van der Waals surface area (Å²) in [5.41, 5.74) is -0.445. The molecular weight excluding hydrogens is 517 g/mol. The fraction of sp³-hybridized carbons (Fsp3) is 0.917. The SMILES string of the molecule is CN=C(NCCC1CCN(C)CC1)N1CCC(N(CC2CC2)C(=O)OC(C)(C)C)CC1.I. The van der Waals surface area contributed by atoms with Crippen molar-refractivity contribution in [2.24, 2.45) is 16.8 Å². The molecule has 8 heteroatoms. The number of nitrogens with zero attached hydrogens (tertiary/aromatic N) is 4. The fourth-order valence-electron chi connectivity index (χ4n) is 4.73. The topological polar surface area (TPSA) is 60.4 Å². The summed E-state index contributed by atoms with van der Waals surface area (Å²) in [5, 5.41) is 3.59. The van der Waals surface area contributed by atoms with Crippen molar-refractivity contribution < 1.29 is 9.53 Å². The van der Waals surface area contributed by atoms with E-state index in [1.54, 1.807) is 0 Å². The van der Waals surface area contributed by atoms with Crippen LogP contribution in [0.1, 0.15) is 65.7 Å². The molecule has 0 atom stereocenters. The summed E-state index contributed by atoms with van der Waals surface area (Å²) >= 11 is 0. The molecule has 1 saturated carbocycles. The van der Waals surface area contributed by atoms with Crippen LogP contribution in [-0.4, -0.2) is 91.8 Å². The van der Waals surface area contributed by atoms with Gasteiger partial charge in [-0.2, -0.15) is 0 Å². The molecule has 0 aromatic rings. The quantitative estimate of drug-likeness (QED) is 0.301. The van der Waals surface area contributed by atoms with Gasteiger partial charge in [0.2, 0.25) is 0 Å². The average molecular weight is 564 g/mol. The van der Waals surface area contributed by atoms with Crippen molar-refractivity contribution in [1.29, 1.82) is 0 Å². The second-order valence-corrected chi connectivity index (χ2v) is 10.8. The first kappa shape index (κ1) is 27.5. The summed E-state index contributed by atoms with van der Waals surface area (Å²) in [6.07, 6.45) is 8.13. The molecule has 3 rings (SSSR count). The van der Waals surface area contributed by atoms with Crippen LogP contribution in [0.4, 0.5) is 4.79 Å². The number of carbonyl (C=O) groups excluding carboxylic acids is 1. The first-order chi connectivity index (χ1) is 14.7. The van der Waals surface area contributed by atoms with Crippen molar-refractivity contribution in [3.05, 3.63) is 0 Å². The summed E-state index contributed by atoms with van der Waals surface area (Å²) in [4.78, 5) is 24.2. The molecule has 186 valence electrons. The van der Waals surface area contributed by atoms with E-state index in [1.165, 1.54) is 45.2 Å². The van der Waals surface area contributed by atoms with Gasteiger partial charge in [0, 0.05) is 39.3 Å². The molecule has 2 aliphatic heterocycles. The zero-order valence-electron chi connectivity index (χ0n) is 20.9. The molecule has 0 aromatic carbocycles. The van der Waals surface area contributed by atoms with Gasteiger partial charge in [0.15, 0.2) is 5.96 Å². The van der Waals surface area contributed by atoms with Crippen LogP contribution in [0.3, 0.4) is 0 Å². The minimum Gasteiger partial charge on any atom is -0.444 e. The fourth-order valence-corrected chi connectivity index (χ4v) is 4.73. The summed E-state index contributed by atoms with van der Waals surface area (Å²) in [6.45, 7) is 12.0. The number of aliphatic imine (C=N–C) groups is 1. The number of rotatable bonds is 6. The summed E-state index contributed by atoms with van der Waals surface area (Å²) in [6, 6.07) is 0.268. The number of hydrogen-bond donors (Lipinski definition) is 1. The van der Waals surface area contributed by atoms with Crippen molar-refractivity contribution in [2.45, 2.75) is 77.4 Å². The highest BCUT2D eigenvalue weighted by Crippen LogP contribution is 2.32. The Morgan fingerprint density at radius 3 is 2.19 bits per heavy atom. The van der Waals surface area contributed by atoms with Gasteiger partial charge in [-0.3, -0.25) is 4.99 Å². The van der Waals surface area contributed by atoms with Gasteiger partial charge in [0.25, 0.3) is 0 Å². The number of ether oxygens (including phenoxy) is 1. The molecule has 32 heavy (non-hydrogen) atoms. The van der Waals surface area contributed by atoms with Crippen LogP contribution in [0.25, 0.3) is 0 Å². The third-order valence-corrected chi connectivity index (χ3v) is 6.87. The maximum absolute atomic E-state index is 12.9. The highest BCUT2D eigenvalue weighted by atomic mass is 127. The van der Waals surface area contributed by atoms with E-state index >= 15 is 0 Å². The predicted octanol–water partition coefficient (Wildman–Crippen LogP) is 4.02. The minimum atomic E-state index is -0.445. The third-order valence-electron chi connectivity index (χ3n) is 6.87. The van der Waals surface area contributed by atoms with E-state index in [0.717, 1.165) is 50.9 Å². The van der Waals surface area contributed by atoms with E-state index in [9.17, 15) is 4.79 Å². The van der Waals surface area contributed by atoms with Gasteiger partial charge in [0.1, 0.15) is 5.60 Å². The monoisotopic (exact) mass is 563 g/mol. The normalized spacial score (nSPS) is 21.8. The Bertz CT molecular complexity index is 604. The van der Waals surface area contributed by atoms with E-state index in [1.807, 2.05) is 32.7 Å². The number of likely N-dealkylation sites (tertiary alicyclic amines) is 2. The van der Waals surface area contributed by atoms with Crippen molar-refractivity contribution in [3.63, 3.8) is 0 Å². The summed E-state index contributed by atoms with van der Waals surface area (Å²) in [7, 11) is 4.10. The molecule has 1 N–H and O–H groups in total. The lowest BCUT2D eigenvalue weighted by molar-refractivity contribution is 0.00928. The average Bonchev–Trinajstić information content (AvgIpc) is 3.54. The Kier molecular flexibility index (Phi) is 10.8. The molecule has 3 aliphatic rings. The van der Waals surface area contributed by atoms with Gasteiger partial charge in [-0.1, -0.05) is 0 Å². The highest BCUT2D eigenvalue weighted by molar-refractivity contribution is 14.0. The van der Waals surface area contributed by atoms with Gasteiger partial charge in [0.05, 0.1) is 0 Å². The standard InChI is InChI=1S/C24H45N5O2.HI/c1-24(2,3)31-23(30)29(18-20-6-7-20)21-11-16-28(17-12-21)22(25-4)26-13-8-19-9-14-27(5)15-10-19;/h19-21H,6-18H2,1-5H3,(H,25,26);1H. The Labute approximate surface area is 212 Å². The van der Waals surface area contributed by atoms with E-state index in [-0.39, 0.29) is 36.1 Å². The molecule has 0 unspecified atom stereocenters. The summed E-state index contributed by atoms with van der Waals surface area (Å²) in [5.74, 6) is 2.51. The molecule has 1 aliphatic carbocycles. The molecule has 0 spiro atoms. The third kappa shape index (κ3) is 8.88. The molecule has 7 nitrogen and oxygen atoms in total. The van der Waals surface area contributed by atoms with E-state index in [4.69, 9.17) is 4.74 Å². The molecule has 2 saturated heterocycles. The maximum Gasteiger partial charge on any atom is 0.410 e. The second kappa shape index (κ2) is 12.6.